The summed E-state index contributed by atoms with van der Waals surface area (Å²) in [7, 11) is 0. The van der Waals surface area contributed by atoms with Crippen molar-refractivity contribution < 1.29 is 9.63 Å². The summed E-state index contributed by atoms with van der Waals surface area (Å²) < 4.78 is 0. The van der Waals surface area contributed by atoms with E-state index >= 15 is 0 Å². The maximum absolute atomic E-state index is 10.7. The van der Waals surface area contributed by atoms with E-state index in [0.717, 1.165) is 10.5 Å². The van der Waals surface area contributed by atoms with E-state index in [0.29, 0.717) is 0 Å². The van der Waals surface area contributed by atoms with Gasteiger partial charge in [0.25, 0.3) is 0 Å². The molecule has 2 aromatic carbocycles. The number of carbonyl (C=O) groups is 1. The first-order valence-electron chi connectivity index (χ1n) is 7.86. The van der Waals surface area contributed by atoms with Crippen LogP contribution in [0.4, 0.5) is 0 Å². The van der Waals surface area contributed by atoms with E-state index in [2.05, 4.69) is 55.9 Å². The quantitative estimate of drug-likeness (QED) is 0.428. The second kappa shape index (κ2) is 7.67. The maximum atomic E-state index is 10.7. The Morgan fingerprint density at radius 1 is 1.12 bits per heavy atom. The summed E-state index contributed by atoms with van der Waals surface area (Å²) in [6.07, 6.45) is 1.53. The van der Waals surface area contributed by atoms with Crippen LogP contribution < -0.4 is 0 Å². The molecule has 0 radical (unpaired) electrons. The van der Waals surface area contributed by atoms with Gasteiger partial charge in [-0.25, -0.2) is 4.79 Å². The maximum Gasteiger partial charge on any atom is 0.331 e. The lowest BCUT2D eigenvalue weighted by atomic mass is 9.87. The number of aryl methyl sites for hydroxylation is 1. The normalized spacial score (nSPS) is 11.7. The highest BCUT2D eigenvalue weighted by Gasteiger charge is 2.15. The SMILES string of the molecule is CC(=O)ON=Cc1ccc(Sc2cc(C(C)(C)C)ccc2C)cc1. The van der Waals surface area contributed by atoms with Gasteiger partial charge < -0.3 is 4.84 Å². The molecule has 0 amide bonds. The molecule has 0 bridgehead atoms. The van der Waals surface area contributed by atoms with Crippen molar-refractivity contribution in [3.8, 4) is 0 Å². The van der Waals surface area contributed by atoms with Crippen molar-refractivity contribution in [1.29, 1.82) is 0 Å². The Bertz CT molecular complexity index is 743. The van der Waals surface area contributed by atoms with Crippen LogP contribution in [0.5, 0.6) is 0 Å². The molecule has 0 spiro atoms. The topological polar surface area (TPSA) is 38.7 Å². The van der Waals surface area contributed by atoms with Gasteiger partial charge in [-0.3, -0.25) is 0 Å². The van der Waals surface area contributed by atoms with Crippen LogP contribution in [-0.4, -0.2) is 12.2 Å². The molecule has 0 aromatic heterocycles. The lowest BCUT2D eigenvalue weighted by Gasteiger charge is -2.20. The van der Waals surface area contributed by atoms with E-state index in [9.17, 15) is 4.79 Å². The number of hydrogen-bond acceptors (Lipinski definition) is 4. The molecular weight excluding hydrogens is 318 g/mol. The first-order chi connectivity index (χ1) is 11.3. The van der Waals surface area contributed by atoms with Gasteiger partial charge in [-0.2, -0.15) is 0 Å². The minimum atomic E-state index is -0.423. The molecule has 0 fully saturated rings. The summed E-state index contributed by atoms with van der Waals surface area (Å²) in [5.74, 6) is -0.423. The van der Waals surface area contributed by atoms with Crippen LogP contribution in [0.15, 0.2) is 57.4 Å². The molecule has 0 unspecified atom stereocenters. The zero-order valence-electron chi connectivity index (χ0n) is 14.8. The fraction of sp³-hybridized carbons (Fsp3) is 0.300. The molecule has 0 aliphatic rings. The van der Waals surface area contributed by atoms with Crippen LogP contribution >= 0.6 is 11.8 Å². The van der Waals surface area contributed by atoms with Crippen molar-refractivity contribution in [1.82, 2.24) is 0 Å². The van der Waals surface area contributed by atoms with E-state index < -0.39 is 5.97 Å². The van der Waals surface area contributed by atoms with Crippen LogP contribution in [0.1, 0.15) is 44.4 Å². The van der Waals surface area contributed by atoms with E-state index in [-0.39, 0.29) is 5.41 Å². The van der Waals surface area contributed by atoms with E-state index in [1.807, 2.05) is 24.3 Å². The van der Waals surface area contributed by atoms with E-state index in [4.69, 9.17) is 0 Å². The Morgan fingerprint density at radius 2 is 1.79 bits per heavy atom. The molecule has 0 N–H and O–H groups in total. The zero-order chi connectivity index (χ0) is 17.7. The van der Waals surface area contributed by atoms with Crippen LogP contribution in [0, 0.1) is 6.92 Å². The predicted octanol–water partition coefficient (Wildman–Crippen LogP) is 5.34. The summed E-state index contributed by atoms with van der Waals surface area (Å²) in [6, 6.07) is 14.7. The molecule has 2 aromatic rings. The molecule has 24 heavy (non-hydrogen) atoms. The van der Waals surface area contributed by atoms with Gasteiger partial charge in [-0.1, -0.05) is 62.0 Å². The fourth-order valence-electron chi connectivity index (χ4n) is 2.09. The monoisotopic (exact) mass is 341 g/mol. The number of nitrogens with zero attached hydrogens (tertiary/aromatic N) is 1. The fourth-order valence-corrected chi connectivity index (χ4v) is 3.03. The Labute approximate surface area is 148 Å². The van der Waals surface area contributed by atoms with Crippen LogP contribution in [-0.2, 0) is 15.0 Å². The van der Waals surface area contributed by atoms with Gasteiger partial charge in [0, 0.05) is 16.7 Å². The molecule has 0 aliphatic carbocycles. The Hall–Kier alpha value is -2.07. The average Bonchev–Trinajstić information content (AvgIpc) is 2.49. The molecule has 0 saturated carbocycles. The second-order valence-corrected chi connectivity index (χ2v) is 7.83. The van der Waals surface area contributed by atoms with Crippen LogP contribution in [0.25, 0.3) is 0 Å². The van der Waals surface area contributed by atoms with Gasteiger partial charge in [0.05, 0.1) is 6.21 Å². The Kier molecular flexibility index (Phi) is 5.84. The molecule has 0 aliphatic heterocycles. The van der Waals surface area contributed by atoms with Gasteiger partial charge in [-0.15, -0.1) is 0 Å². The summed E-state index contributed by atoms with van der Waals surface area (Å²) in [6.45, 7) is 10.1. The smallest absolute Gasteiger partial charge is 0.319 e. The van der Waals surface area contributed by atoms with Crippen LogP contribution in [0.3, 0.4) is 0 Å². The van der Waals surface area contributed by atoms with Crippen molar-refractivity contribution in [3.05, 3.63) is 59.2 Å². The molecule has 126 valence electrons. The Morgan fingerprint density at radius 3 is 2.38 bits per heavy atom. The minimum absolute atomic E-state index is 0.139. The third-order valence-corrected chi connectivity index (χ3v) is 4.71. The van der Waals surface area contributed by atoms with Crippen molar-refractivity contribution in [2.75, 3.05) is 0 Å². The summed E-state index contributed by atoms with van der Waals surface area (Å²) >= 11 is 1.75. The minimum Gasteiger partial charge on any atom is -0.319 e. The molecular formula is C20H23NO2S. The number of benzene rings is 2. The highest BCUT2D eigenvalue weighted by atomic mass is 32.2. The van der Waals surface area contributed by atoms with Gasteiger partial charge in [0.15, 0.2) is 0 Å². The van der Waals surface area contributed by atoms with Gasteiger partial charge in [-0.05, 0) is 47.2 Å². The summed E-state index contributed by atoms with van der Waals surface area (Å²) in [4.78, 5) is 17.7. The standard InChI is InChI=1S/C20H23NO2S/c1-14-6-9-17(20(3,4)5)12-19(14)24-18-10-7-16(8-11-18)13-21-23-15(2)22/h6-13H,1-5H3. The highest BCUT2D eigenvalue weighted by Crippen LogP contribution is 2.34. The number of rotatable bonds is 4. The average molecular weight is 341 g/mol. The molecule has 0 atom stereocenters. The first kappa shape index (κ1) is 18.3. The number of hydrogen-bond donors (Lipinski definition) is 0. The summed E-state index contributed by atoms with van der Waals surface area (Å²) in [5, 5.41) is 3.63. The predicted molar refractivity (Wildman–Crippen MR) is 99.8 cm³/mol. The first-order valence-corrected chi connectivity index (χ1v) is 8.67. The lowest BCUT2D eigenvalue weighted by Crippen LogP contribution is -2.11. The largest absolute Gasteiger partial charge is 0.331 e. The van der Waals surface area contributed by atoms with Gasteiger partial charge in [0.2, 0.25) is 0 Å². The van der Waals surface area contributed by atoms with Crippen molar-refractivity contribution in [3.63, 3.8) is 0 Å². The van der Waals surface area contributed by atoms with Gasteiger partial charge in [0.1, 0.15) is 0 Å². The molecule has 2 rings (SSSR count). The molecule has 3 nitrogen and oxygen atoms in total. The van der Waals surface area contributed by atoms with Crippen molar-refractivity contribution >= 4 is 23.9 Å². The van der Waals surface area contributed by atoms with E-state index in [1.54, 1.807) is 11.8 Å². The van der Waals surface area contributed by atoms with Crippen molar-refractivity contribution in [2.24, 2.45) is 5.16 Å². The Balaban J connectivity index is 2.14. The molecule has 0 heterocycles. The van der Waals surface area contributed by atoms with Crippen LogP contribution in [0.2, 0.25) is 0 Å². The van der Waals surface area contributed by atoms with Crippen molar-refractivity contribution in [2.45, 2.75) is 49.8 Å². The summed E-state index contributed by atoms with van der Waals surface area (Å²) in [5.41, 5.74) is 3.63. The molecule has 0 saturated heterocycles. The number of carbonyl (C=O) groups excluding carboxylic acids is 1. The highest BCUT2D eigenvalue weighted by molar-refractivity contribution is 7.99. The molecule has 4 heteroatoms. The third kappa shape index (κ3) is 5.24. The second-order valence-electron chi connectivity index (χ2n) is 6.72. The third-order valence-electron chi connectivity index (χ3n) is 3.55. The lowest BCUT2D eigenvalue weighted by molar-refractivity contribution is -0.140. The van der Waals surface area contributed by atoms with Gasteiger partial charge >= 0.3 is 5.97 Å². The number of oxime groups is 1. The van der Waals surface area contributed by atoms with E-state index in [1.165, 1.54) is 29.2 Å². The zero-order valence-corrected chi connectivity index (χ0v) is 15.6.